The molecule has 8 nitrogen and oxygen atoms in total. The fourth-order valence-electron chi connectivity index (χ4n) is 2.33. The Hall–Kier alpha value is -1.83. The van der Waals surface area contributed by atoms with Gasteiger partial charge in [0.15, 0.2) is 0 Å². The number of likely N-dealkylation sites (tertiary alicyclic amines) is 1. The van der Waals surface area contributed by atoms with Crippen LogP contribution >= 0.6 is 0 Å². The second-order valence-electron chi connectivity index (χ2n) is 5.52. The van der Waals surface area contributed by atoms with Crippen molar-refractivity contribution in [3.63, 3.8) is 0 Å². The van der Waals surface area contributed by atoms with Crippen molar-refractivity contribution < 1.29 is 24.2 Å². The van der Waals surface area contributed by atoms with Gasteiger partial charge in [0.2, 0.25) is 5.91 Å². The summed E-state index contributed by atoms with van der Waals surface area (Å²) in [6, 6.07) is -1.59. The van der Waals surface area contributed by atoms with Crippen LogP contribution in [0.3, 0.4) is 0 Å². The predicted molar refractivity (Wildman–Crippen MR) is 74.6 cm³/mol. The van der Waals surface area contributed by atoms with Crippen molar-refractivity contribution in [2.24, 2.45) is 5.73 Å². The van der Waals surface area contributed by atoms with Gasteiger partial charge in [-0.2, -0.15) is 0 Å². The third-order valence-corrected chi connectivity index (χ3v) is 3.71. The standard InChI is InChI=1S/C13H23N3O5/c1-13(21-2)6-3-7-16(8-13)12(20)15-9(11(18)19)4-5-10(14)17/h9H,3-8H2,1-2H3,(H2,14,17)(H,15,20)(H,18,19)/t9-,13?/m1/s1. The lowest BCUT2D eigenvalue weighted by Crippen LogP contribution is -2.55. The van der Waals surface area contributed by atoms with Gasteiger partial charge in [-0.3, -0.25) is 4.79 Å². The van der Waals surface area contributed by atoms with Crippen LogP contribution in [0.1, 0.15) is 32.6 Å². The zero-order chi connectivity index (χ0) is 16.0. The van der Waals surface area contributed by atoms with Crippen LogP contribution in [0, 0.1) is 0 Å². The Bertz CT molecular complexity index is 415. The van der Waals surface area contributed by atoms with Crippen LogP contribution in [-0.2, 0) is 14.3 Å². The molecule has 2 atom stereocenters. The molecule has 1 aliphatic heterocycles. The summed E-state index contributed by atoms with van der Waals surface area (Å²) in [6.45, 7) is 2.86. The highest BCUT2D eigenvalue weighted by Gasteiger charge is 2.34. The average molecular weight is 301 g/mol. The van der Waals surface area contributed by atoms with Gasteiger partial charge < -0.3 is 25.8 Å². The van der Waals surface area contributed by atoms with Crippen molar-refractivity contribution in [1.82, 2.24) is 10.2 Å². The zero-order valence-corrected chi connectivity index (χ0v) is 12.4. The fraction of sp³-hybridized carbons (Fsp3) is 0.769. The van der Waals surface area contributed by atoms with Crippen molar-refractivity contribution in [3.8, 4) is 0 Å². The molecule has 8 heteroatoms. The summed E-state index contributed by atoms with van der Waals surface area (Å²) >= 11 is 0. The van der Waals surface area contributed by atoms with Gasteiger partial charge in [-0.25, -0.2) is 9.59 Å². The summed E-state index contributed by atoms with van der Waals surface area (Å²) in [4.78, 5) is 35.5. The van der Waals surface area contributed by atoms with Crippen LogP contribution in [0.4, 0.5) is 4.79 Å². The number of nitrogens with two attached hydrogens (primary N) is 1. The lowest BCUT2D eigenvalue weighted by atomic mass is 9.95. The quantitative estimate of drug-likeness (QED) is 0.633. The van der Waals surface area contributed by atoms with Crippen molar-refractivity contribution in [1.29, 1.82) is 0 Å². The molecular formula is C13H23N3O5. The van der Waals surface area contributed by atoms with Crippen LogP contribution in [0.5, 0.6) is 0 Å². The van der Waals surface area contributed by atoms with E-state index in [1.165, 1.54) is 4.90 Å². The third kappa shape index (κ3) is 5.22. The number of piperidine rings is 1. The molecule has 1 saturated heterocycles. The lowest BCUT2D eigenvalue weighted by molar-refractivity contribution is -0.139. The van der Waals surface area contributed by atoms with Gasteiger partial charge >= 0.3 is 12.0 Å². The molecular weight excluding hydrogens is 278 g/mol. The van der Waals surface area contributed by atoms with Gasteiger partial charge in [0, 0.05) is 20.1 Å². The Morgan fingerprint density at radius 3 is 2.67 bits per heavy atom. The van der Waals surface area contributed by atoms with E-state index in [0.29, 0.717) is 13.1 Å². The number of urea groups is 1. The number of hydrogen-bond acceptors (Lipinski definition) is 4. The van der Waals surface area contributed by atoms with Crippen LogP contribution in [0.2, 0.25) is 0 Å². The Morgan fingerprint density at radius 2 is 2.14 bits per heavy atom. The van der Waals surface area contributed by atoms with Gasteiger partial charge in [-0.1, -0.05) is 0 Å². The number of carbonyl (C=O) groups excluding carboxylic acids is 2. The molecule has 21 heavy (non-hydrogen) atoms. The number of aliphatic carboxylic acids is 1. The van der Waals surface area contributed by atoms with E-state index >= 15 is 0 Å². The Balaban J connectivity index is 2.60. The van der Waals surface area contributed by atoms with Crippen LogP contribution < -0.4 is 11.1 Å². The number of carbonyl (C=O) groups is 3. The summed E-state index contributed by atoms with van der Waals surface area (Å²) in [6.07, 6.45) is 1.52. The van der Waals surface area contributed by atoms with Crippen molar-refractivity contribution >= 4 is 17.9 Å². The van der Waals surface area contributed by atoms with E-state index in [0.717, 1.165) is 12.8 Å². The first-order chi connectivity index (χ1) is 9.77. The molecule has 0 aromatic rings. The monoisotopic (exact) mass is 301 g/mol. The van der Waals surface area contributed by atoms with Crippen LogP contribution in [-0.4, -0.2) is 59.8 Å². The SMILES string of the molecule is COC1(C)CCCN(C(=O)N[C@H](CCC(N)=O)C(=O)O)C1. The van der Waals surface area contributed by atoms with E-state index in [2.05, 4.69) is 5.32 Å². The summed E-state index contributed by atoms with van der Waals surface area (Å²) < 4.78 is 5.39. The van der Waals surface area contributed by atoms with E-state index in [4.69, 9.17) is 15.6 Å². The molecule has 0 aromatic carbocycles. The summed E-state index contributed by atoms with van der Waals surface area (Å²) in [5.74, 6) is -1.78. The maximum atomic E-state index is 12.1. The summed E-state index contributed by atoms with van der Waals surface area (Å²) in [5.41, 5.74) is 4.58. The molecule has 0 aliphatic carbocycles. The molecule has 1 aliphatic rings. The van der Waals surface area contributed by atoms with Gasteiger partial charge in [0.25, 0.3) is 0 Å². The van der Waals surface area contributed by atoms with E-state index in [-0.39, 0.29) is 12.8 Å². The smallest absolute Gasteiger partial charge is 0.326 e. The molecule has 1 fully saturated rings. The first kappa shape index (κ1) is 17.2. The van der Waals surface area contributed by atoms with Crippen LogP contribution in [0.15, 0.2) is 0 Å². The molecule has 0 aromatic heterocycles. The normalized spacial score (nSPS) is 23.4. The average Bonchev–Trinajstić information content (AvgIpc) is 2.42. The number of carboxylic acids is 1. The van der Waals surface area contributed by atoms with Gasteiger partial charge in [-0.05, 0) is 26.2 Å². The molecule has 0 radical (unpaired) electrons. The lowest BCUT2D eigenvalue weighted by Gasteiger charge is -2.39. The summed E-state index contributed by atoms with van der Waals surface area (Å²) in [7, 11) is 1.59. The molecule has 0 saturated carbocycles. The highest BCUT2D eigenvalue weighted by Crippen LogP contribution is 2.23. The maximum Gasteiger partial charge on any atom is 0.326 e. The molecule has 0 spiro atoms. The van der Waals surface area contributed by atoms with E-state index in [1.54, 1.807) is 7.11 Å². The fourth-order valence-corrected chi connectivity index (χ4v) is 2.33. The number of rotatable bonds is 6. The summed E-state index contributed by atoms with van der Waals surface area (Å²) in [5, 5.41) is 11.5. The number of ether oxygens (including phenoxy) is 1. The Labute approximate surface area is 123 Å². The van der Waals surface area contributed by atoms with Crippen molar-refractivity contribution in [2.75, 3.05) is 20.2 Å². The topological polar surface area (TPSA) is 122 Å². The molecule has 1 heterocycles. The molecule has 120 valence electrons. The molecule has 1 rings (SSSR count). The zero-order valence-electron chi connectivity index (χ0n) is 12.4. The highest BCUT2D eigenvalue weighted by atomic mass is 16.5. The van der Waals surface area contributed by atoms with Crippen molar-refractivity contribution in [2.45, 2.75) is 44.2 Å². The van der Waals surface area contributed by atoms with E-state index in [9.17, 15) is 14.4 Å². The van der Waals surface area contributed by atoms with Gasteiger partial charge in [0.05, 0.1) is 12.1 Å². The first-order valence-electron chi connectivity index (χ1n) is 6.89. The number of carboxylic acid groups (broad SMARTS) is 1. The minimum absolute atomic E-state index is 0.0220. The van der Waals surface area contributed by atoms with Crippen LogP contribution in [0.25, 0.3) is 0 Å². The van der Waals surface area contributed by atoms with E-state index in [1.807, 2.05) is 6.92 Å². The Morgan fingerprint density at radius 1 is 1.48 bits per heavy atom. The molecule has 1 unspecified atom stereocenters. The second kappa shape index (κ2) is 7.26. The van der Waals surface area contributed by atoms with Gasteiger partial charge in [0.1, 0.15) is 6.04 Å². The third-order valence-electron chi connectivity index (χ3n) is 3.71. The number of hydrogen-bond donors (Lipinski definition) is 3. The van der Waals surface area contributed by atoms with E-state index < -0.39 is 29.6 Å². The van der Waals surface area contributed by atoms with Gasteiger partial charge in [-0.15, -0.1) is 0 Å². The number of nitrogens with zero attached hydrogens (tertiary/aromatic N) is 1. The predicted octanol–water partition coefficient (Wildman–Crippen LogP) is -0.0844. The molecule has 4 N–H and O–H groups in total. The maximum absolute atomic E-state index is 12.1. The number of nitrogens with one attached hydrogen (secondary N) is 1. The highest BCUT2D eigenvalue weighted by molar-refractivity contribution is 5.83. The number of amides is 3. The minimum atomic E-state index is -1.18. The largest absolute Gasteiger partial charge is 0.480 e. The minimum Gasteiger partial charge on any atom is -0.480 e. The second-order valence-corrected chi connectivity index (χ2v) is 5.52. The number of primary amides is 1. The first-order valence-corrected chi connectivity index (χ1v) is 6.89. The molecule has 3 amide bonds. The Kier molecular flexibility index (Phi) is 5.95. The van der Waals surface area contributed by atoms with Crippen molar-refractivity contribution in [3.05, 3.63) is 0 Å². The number of methoxy groups -OCH3 is 1. The molecule has 0 bridgehead atoms.